The van der Waals surface area contributed by atoms with Crippen LogP contribution >= 0.6 is 11.6 Å². The largest absolute Gasteiger partial charge is 0.416 e. The third kappa shape index (κ3) is 2.09. The summed E-state index contributed by atoms with van der Waals surface area (Å²) in [6, 6.07) is 8.09. The van der Waals surface area contributed by atoms with Crippen LogP contribution in [-0.4, -0.2) is 9.97 Å². The zero-order chi connectivity index (χ0) is 16.4. The quantitative estimate of drug-likeness (QED) is 0.474. The van der Waals surface area contributed by atoms with E-state index in [9.17, 15) is 18.0 Å². The SMILES string of the molecule is O=c1c2ccc(Cl)cc2[nH]c2c1[nH]c1ccc(C(F)(F)F)cc12. The molecule has 0 amide bonds. The van der Waals surface area contributed by atoms with Crippen LogP contribution < -0.4 is 5.43 Å². The first-order chi connectivity index (χ1) is 10.8. The number of halogens is 4. The highest BCUT2D eigenvalue weighted by Crippen LogP contribution is 2.33. The van der Waals surface area contributed by atoms with Gasteiger partial charge in [-0.2, -0.15) is 13.2 Å². The summed E-state index contributed by atoms with van der Waals surface area (Å²) in [4.78, 5) is 18.4. The summed E-state index contributed by atoms with van der Waals surface area (Å²) in [6.45, 7) is 0. The van der Waals surface area contributed by atoms with Crippen molar-refractivity contribution in [1.29, 1.82) is 0 Å². The lowest BCUT2D eigenvalue weighted by atomic mass is 10.1. The van der Waals surface area contributed by atoms with E-state index in [2.05, 4.69) is 9.97 Å². The summed E-state index contributed by atoms with van der Waals surface area (Å²) in [5, 5.41) is 1.17. The highest BCUT2D eigenvalue weighted by Gasteiger charge is 2.30. The fourth-order valence-electron chi connectivity index (χ4n) is 2.76. The molecule has 2 N–H and O–H groups in total. The van der Waals surface area contributed by atoms with Gasteiger partial charge < -0.3 is 9.97 Å². The molecule has 2 aromatic heterocycles. The minimum atomic E-state index is -4.45. The van der Waals surface area contributed by atoms with Crippen LogP contribution in [-0.2, 0) is 6.18 Å². The molecule has 0 unspecified atom stereocenters. The zero-order valence-corrected chi connectivity index (χ0v) is 12.1. The number of rotatable bonds is 0. The Hall–Kier alpha value is -2.47. The summed E-state index contributed by atoms with van der Waals surface area (Å²) < 4.78 is 38.7. The lowest BCUT2D eigenvalue weighted by Crippen LogP contribution is -2.04. The van der Waals surface area contributed by atoms with Gasteiger partial charge in [-0.3, -0.25) is 4.79 Å². The number of alkyl halides is 3. The van der Waals surface area contributed by atoms with Crippen molar-refractivity contribution in [3.8, 4) is 0 Å². The van der Waals surface area contributed by atoms with E-state index in [0.29, 0.717) is 32.3 Å². The van der Waals surface area contributed by atoms with E-state index >= 15 is 0 Å². The summed E-state index contributed by atoms with van der Waals surface area (Å²) in [5.74, 6) is 0. The Morgan fingerprint density at radius 3 is 2.35 bits per heavy atom. The summed E-state index contributed by atoms with van der Waals surface area (Å²) >= 11 is 5.92. The third-order valence-electron chi connectivity index (χ3n) is 3.84. The van der Waals surface area contributed by atoms with Crippen molar-refractivity contribution in [3.05, 3.63) is 57.2 Å². The standard InChI is InChI=1S/C16H8ClF3N2O/c17-8-2-3-9-12(6-8)22-13-10-5-7(16(18,19)20)1-4-11(10)21-14(13)15(9)23/h1-6,21H,(H,22,23). The third-order valence-corrected chi connectivity index (χ3v) is 4.07. The molecule has 116 valence electrons. The highest BCUT2D eigenvalue weighted by atomic mass is 35.5. The van der Waals surface area contributed by atoms with Crippen LogP contribution in [0.3, 0.4) is 0 Å². The van der Waals surface area contributed by atoms with Crippen LogP contribution in [0, 0.1) is 0 Å². The van der Waals surface area contributed by atoms with Gasteiger partial charge >= 0.3 is 6.18 Å². The van der Waals surface area contributed by atoms with Crippen LogP contribution in [0.5, 0.6) is 0 Å². The molecule has 4 rings (SSSR count). The zero-order valence-electron chi connectivity index (χ0n) is 11.4. The highest BCUT2D eigenvalue weighted by molar-refractivity contribution is 6.31. The van der Waals surface area contributed by atoms with Crippen LogP contribution in [0.15, 0.2) is 41.2 Å². The lowest BCUT2D eigenvalue weighted by molar-refractivity contribution is -0.137. The number of fused-ring (bicyclic) bond motifs is 4. The lowest BCUT2D eigenvalue weighted by Gasteiger charge is -2.06. The second kappa shape index (κ2) is 4.52. The monoisotopic (exact) mass is 336 g/mol. The van der Waals surface area contributed by atoms with Crippen LogP contribution in [0.4, 0.5) is 13.2 Å². The Morgan fingerprint density at radius 1 is 0.870 bits per heavy atom. The molecule has 0 aliphatic rings. The van der Waals surface area contributed by atoms with Gasteiger partial charge in [0.15, 0.2) is 0 Å². The Kier molecular flexibility index (Phi) is 2.78. The molecule has 7 heteroatoms. The second-order valence-corrected chi connectivity index (χ2v) is 5.71. The number of hydrogen-bond acceptors (Lipinski definition) is 1. The van der Waals surface area contributed by atoms with E-state index in [1.54, 1.807) is 18.2 Å². The van der Waals surface area contributed by atoms with Gasteiger partial charge in [0.05, 0.1) is 16.6 Å². The number of nitrogens with one attached hydrogen (secondary N) is 2. The smallest absolute Gasteiger partial charge is 0.353 e. The number of aromatic amines is 2. The van der Waals surface area contributed by atoms with Crippen LogP contribution in [0.2, 0.25) is 5.02 Å². The molecule has 23 heavy (non-hydrogen) atoms. The van der Waals surface area contributed by atoms with Gasteiger partial charge in [0.25, 0.3) is 0 Å². The predicted octanol–water partition coefficient (Wildman–Crippen LogP) is 4.83. The summed E-state index contributed by atoms with van der Waals surface area (Å²) in [5.41, 5.74) is 0.476. The van der Waals surface area contributed by atoms with Crippen molar-refractivity contribution in [2.45, 2.75) is 6.18 Å². The average Bonchev–Trinajstić information content (AvgIpc) is 2.84. The topological polar surface area (TPSA) is 48.6 Å². The molecule has 0 radical (unpaired) electrons. The van der Waals surface area contributed by atoms with Gasteiger partial charge in [0.2, 0.25) is 5.43 Å². The maximum Gasteiger partial charge on any atom is 0.416 e. The van der Waals surface area contributed by atoms with Crippen molar-refractivity contribution < 1.29 is 13.2 Å². The van der Waals surface area contributed by atoms with Gasteiger partial charge in [-0.25, -0.2) is 0 Å². The van der Waals surface area contributed by atoms with E-state index in [1.807, 2.05) is 0 Å². The number of benzene rings is 2. The minimum Gasteiger partial charge on any atom is -0.353 e. The molecule has 2 aromatic carbocycles. The normalized spacial score (nSPS) is 12.5. The van der Waals surface area contributed by atoms with E-state index in [-0.39, 0.29) is 10.9 Å². The maximum atomic E-state index is 12.9. The molecule has 3 nitrogen and oxygen atoms in total. The molecular formula is C16H8ClF3N2O. The molecule has 0 atom stereocenters. The number of aromatic nitrogens is 2. The van der Waals surface area contributed by atoms with Gasteiger partial charge in [-0.1, -0.05) is 11.6 Å². The Bertz CT molecular complexity index is 1140. The number of pyridine rings is 1. The van der Waals surface area contributed by atoms with E-state index in [4.69, 9.17) is 11.6 Å². The molecule has 0 bridgehead atoms. The van der Waals surface area contributed by atoms with Gasteiger partial charge in [0.1, 0.15) is 5.52 Å². The molecule has 0 saturated heterocycles. The number of H-pyrrole nitrogens is 2. The Morgan fingerprint density at radius 2 is 1.61 bits per heavy atom. The molecule has 0 aliphatic carbocycles. The molecule has 2 heterocycles. The van der Waals surface area contributed by atoms with E-state index in [1.165, 1.54) is 6.07 Å². The first kappa shape index (κ1) is 14.1. The summed E-state index contributed by atoms with van der Waals surface area (Å²) in [6.07, 6.45) is -4.45. The first-order valence-corrected chi connectivity index (χ1v) is 7.06. The van der Waals surface area contributed by atoms with Gasteiger partial charge in [-0.05, 0) is 36.4 Å². The van der Waals surface area contributed by atoms with Crippen molar-refractivity contribution >= 4 is 44.4 Å². The second-order valence-electron chi connectivity index (χ2n) is 5.28. The first-order valence-electron chi connectivity index (χ1n) is 6.69. The molecule has 4 aromatic rings. The van der Waals surface area contributed by atoms with Crippen LogP contribution in [0.25, 0.3) is 32.8 Å². The number of hydrogen-bond donors (Lipinski definition) is 2. The van der Waals surface area contributed by atoms with Crippen molar-refractivity contribution in [1.82, 2.24) is 9.97 Å². The van der Waals surface area contributed by atoms with Crippen molar-refractivity contribution in [2.24, 2.45) is 0 Å². The Balaban J connectivity index is 2.17. The minimum absolute atomic E-state index is 0.245. The molecule has 0 saturated carbocycles. The van der Waals surface area contributed by atoms with Crippen LogP contribution in [0.1, 0.15) is 5.56 Å². The van der Waals surface area contributed by atoms with Crippen molar-refractivity contribution in [3.63, 3.8) is 0 Å². The fourth-order valence-corrected chi connectivity index (χ4v) is 2.93. The Labute approximate surface area is 131 Å². The maximum absolute atomic E-state index is 12.9. The molecule has 0 spiro atoms. The molecule has 0 fully saturated rings. The summed E-state index contributed by atoms with van der Waals surface area (Å²) in [7, 11) is 0. The molecular weight excluding hydrogens is 329 g/mol. The average molecular weight is 337 g/mol. The van der Waals surface area contributed by atoms with Crippen molar-refractivity contribution in [2.75, 3.05) is 0 Å². The van der Waals surface area contributed by atoms with E-state index in [0.717, 1.165) is 12.1 Å². The fraction of sp³-hybridized carbons (Fsp3) is 0.0625. The van der Waals surface area contributed by atoms with E-state index < -0.39 is 11.7 Å². The molecule has 0 aliphatic heterocycles. The van der Waals surface area contributed by atoms with Gasteiger partial charge in [-0.15, -0.1) is 0 Å². The van der Waals surface area contributed by atoms with Gasteiger partial charge in [0, 0.05) is 21.3 Å². The predicted molar refractivity (Wildman–Crippen MR) is 83.9 cm³/mol.